The van der Waals surface area contributed by atoms with Gasteiger partial charge < -0.3 is 11.5 Å². The molecular weight excluding hydrogens is 160 g/mol. The van der Waals surface area contributed by atoms with Crippen molar-refractivity contribution in [3.8, 4) is 0 Å². The van der Waals surface area contributed by atoms with Gasteiger partial charge in [-0.3, -0.25) is 4.79 Å². The second-order valence-electron chi connectivity index (χ2n) is 3.02. The molecule has 0 spiro atoms. The maximum atomic E-state index is 11.0. The van der Waals surface area contributed by atoms with Gasteiger partial charge in [0.05, 0.1) is 0 Å². The second-order valence-corrected chi connectivity index (χ2v) is 4.47. The van der Waals surface area contributed by atoms with Crippen LogP contribution in [0.1, 0.15) is 19.8 Å². The Kier molecular flexibility index (Phi) is 2.44. The van der Waals surface area contributed by atoms with E-state index in [0.29, 0.717) is 0 Å². The predicted octanol–water partition coefficient (Wildman–Crippen LogP) is 0.0847. The minimum Gasteiger partial charge on any atom is -0.368 e. The molecule has 1 aliphatic heterocycles. The summed E-state index contributed by atoms with van der Waals surface area (Å²) in [7, 11) is 0. The standard InChI is InChI=1S/C7H14N2OS/c1-5-7(9,6(8)10)3-2-4-11-5/h5H,2-4,9H2,1H3,(H2,8,10). The largest absolute Gasteiger partial charge is 0.368 e. The van der Waals surface area contributed by atoms with E-state index < -0.39 is 5.54 Å². The van der Waals surface area contributed by atoms with Crippen LogP contribution in [0.4, 0.5) is 0 Å². The average molecular weight is 174 g/mol. The molecule has 3 nitrogen and oxygen atoms in total. The fraction of sp³-hybridized carbons (Fsp3) is 0.857. The van der Waals surface area contributed by atoms with Gasteiger partial charge in [-0.15, -0.1) is 0 Å². The number of hydrogen-bond donors (Lipinski definition) is 2. The molecule has 2 unspecified atom stereocenters. The van der Waals surface area contributed by atoms with Crippen LogP contribution in [0.2, 0.25) is 0 Å². The summed E-state index contributed by atoms with van der Waals surface area (Å²) < 4.78 is 0. The van der Waals surface area contributed by atoms with E-state index in [2.05, 4.69) is 0 Å². The highest BCUT2D eigenvalue weighted by Crippen LogP contribution is 2.31. The van der Waals surface area contributed by atoms with Gasteiger partial charge in [0.1, 0.15) is 5.54 Å². The summed E-state index contributed by atoms with van der Waals surface area (Å²) in [5, 5.41) is 0.161. The lowest BCUT2D eigenvalue weighted by atomic mass is 9.90. The molecule has 11 heavy (non-hydrogen) atoms. The number of hydrogen-bond acceptors (Lipinski definition) is 3. The molecule has 0 aromatic rings. The highest BCUT2D eigenvalue weighted by Gasteiger charge is 2.40. The van der Waals surface area contributed by atoms with Crippen molar-refractivity contribution in [3.05, 3.63) is 0 Å². The molecule has 0 aromatic heterocycles. The van der Waals surface area contributed by atoms with Gasteiger partial charge in [0.25, 0.3) is 0 Å². The van der Waals surface area contributed by atoms with Crippen LogP contribution < -0.4 is 11.5 Å². The Labute approximate surface area is 70.9 Å². The summed E-state index contributed by atoms with van der Waals surface area (Å²) in [6.45, 7) is 1.97. The molecule has 4 N–H and O–H groups in total. The molecular formula is C7H14N2OS. The smallest absolute Gasteiger partial charge is 0.238 e. The third kappa shape index (κ3) is 1.51. The lowest BCUT2D eigenvalue weighted by molar-refractivity contribution is -0.123. The van der Waals surface area contributed by atoms with Crippen molar-refractivity contribution in [2.75, 3.05) is 5.75 Å². The van der Waals surface area contributed by atoms with Crippen LogP contribution in [-0.2, 0) is 4.79 Å². The average Bonchev–Trinajstić information content (AvgIpc) is 1.95. The number of carbonyl (C=O) groups excluding carboxylic acids is 1. The first-order valence-electron chi connectivity index (χ1n) is 3.78. The van der Waals surface area contributed by atoms with E-state index in [0.717, 1.165) is 18.6 Å². The molecule has 0 radical (unpaired) electrons. The normalized spacial score (nSPS) is 38.5. The summed E-state index contributed by atoms with van der Waals surface area (Å²) >= 11 is 1.73. The molecule has 2 atom stereocenters. The minimum absolute atomic E-state index is 0.161. The number of amides is 1. The molecule has 0 bridgehead atoms. The summed E-state index contributed by atoms with van der Waals surface area (Å²) in [6.07, 6.45) is 1.73. The first kappa shape index (κ1) is 8.87. The van der Waals surface area contributed by atoms with Gasteiger partial charge >= 0.3 is 0 Å². The maximum absolute atomic E-state index is 11.0. The fourth-order valence-corrected chi connectivity index (χ4v) is 2.50. The van der Waals surface area contributed by atoms with Crippen LogP contribution in [0.5, 0.6) is 0 Å². The second kappa shape index (κ2) is 3.03. The van der Waals surface area contributed by atoms with Gasteiger partial charge in [0.2, 0.25) is 5.91 Å². The van der Waals surface area contributed by atoms with Crippen molar-refractivity contribution in [2.45, 2.75) is 30.6 Å². The Balaban J connectivity index is 2.72. The highest BCUT2D eigenvalue weighted by molar-refractivity contribution is 8.00. The Morgan fingerprint density at radius 2 is 2.36 bits per heavy atom. The molecule has 1 rings (SSSR count). The van der Waals surface area contributed by atoms with Crippen LogP contribution in [0.15, 0.2) is 0 Å². The fourth-order valence-electron chi connectivity index (χ4n) is 1.30. The molecule has 1 heterocycles. The minimum atomic E-state index is -0.761. The monoisotopic (exact) mass is 174 g/mol. The molecule has 0 aromatic carbocycles. The van der Waals surface area contributed by atoms with E-state index in [-0.39, 0.29) is 11.2 Å². The van der Waals surface area contributed by atoms with Crippen molar-refractivity contribution in [1.82, 2.24) is 0 Å². The van der Waals surface area contributed by atoms with Crippen LogP contribution in [-0.4, -0.2) is 22.4 Å². The number of carbonyl (C=O) groups is 1. The molecule has 0 saturated carbocycles. The van der Waals surface area contributed by atoms with Crippen molar-refractivity contribution >= 4 is 17.7 Å². The predicted molar refractivity (Wildman–Crippen MR) is 47.3 cm³/mol. The number of thioether (sulfide) groups is 1. The molecule has 4 heteroatoms. The Morgan fingerprint density at radius 1 is 1.73 bits per heavy atom. The maximum Gasteiger partial charge on any atom is 0.238 e. The Morgan fingerprint density at radius 3 is 2.73 bits per heavy atom. The van der Waals surface area contributed by atoms with Crippen LogP contribution in [0, 0.1) is 0 Å². The van der Waals surface area contributed by atoms with E-state index in [1.807, 2.05) is 6.92 Å². The van der Waals surface area contributed by atoms with Crippen molar-refractivity contribution < 1.29 is 4.79 Å². The Hall–Kier alpha value is -0.220. The summed E-state index contributed by atoms with van der Waals surface area (Å²) in [4.78, 5) is 11.0. The van der Waals surface area contributed by atoms with E-state index in [1.54, 1.807) is 11.8 Å². The quantitative estimate of drug-likeness (QED) is 0.591. The first-order valence-corrected chi connectivity index (χ1v) is 4.82. The number of nitrogens with two attached hydrogens (primary N) is 2. The Bertz CT molecular complexity index is 174. The van der Waals surface area contributed by atoms with Gasteiger partial charge in [-0.1, -0.05) is 6.92 Å². The molecule has 1 aliphatic rings. The van der Waals surface area contributed by atoms with Gasteiger partial charge in [-0.2, -0.15) is 11.8 Å². The SMILES string of the molecule is CC1SCCCC1(N)C(N)=O. The third-order valence-electron chi connectivity index (χ3n) is 2.29. The van der Waals surface area contributed by atoms with Crippen LogP contribution >= 0.6 is 11.8 Å². The third-order valence-corrected chi connectivity index (χ3v) is 3.73. The zero-order valence-electron chi connectivity index (χ0n) is 6.67. The topological polar surface area (TPSA) is 69.1 Å². The number of rotatable bonds is 1. The molecule has 0 aliphatic carbocycles. The van der Waals surface area contributed by atoms with Crippen LogP contribution in [0.25, 0.3) is 0 Å². The first-order chi connectivity index (χ1) is 5.07. The van der Waals surface area contributed by atoms with Gasteiger partial charge in [0.15, 0.2) is 0 Å². The summed E-state index contributed by atoms with van der Waals surface area (Å²) in [5.74, 6) is 0.727. The highest BCUT2D eigenvalue weighted by atomic mass is 32.2. The van der Waals surface area contributed by atoms with E-state index in [9.17, 15) is 4.79 Å². The van der Waals surface area contributed by atoms with Crippen molar-refractivity contribution in [3.63, 3.8) is 0 Å². The van der Waals surface area contributed by atoms with E-state index in [4.69, 9.17) is 11.5 Å². The van der Waals surface area contributed by atoms with E-state index in [1.165, 1.54) is 0 Å². The number of primary amides is 1. The zero-order valence-corrected chi connectivity index (χ0v) is 7.49. The van der Waals surface area contributed by atoms with Crippen LogP contribution in [0.3, 0.4) is 0 Å². The van der Waals surface area contributed by atoms with Gasteiger partial charge in [0, 0.05) is 5.25 Å². The summed E-state index contributed by atoms with van der Waals surface area (Å²) in [6, 6.07) is 0. The summed E-state index contributed by atoms with van der Waals surface area (Å²) in [5.41, 5.74) is 10.3. The van der Waals surface area contributed by atoms with E-state index >= 15 is 0 Å². The lowest BCUT2D eigenvalue weighted by Crippen LogP contribution is -2.59. The molecule has 1 saturated heterocycles. The molecule has 1 fully saturated rings. The van der Waals surface area contributed by atoms with Crippen molar-refractivity contribution in [1.29, 1.82) is 0 Å². The van der Waals surface area contributed by atoms with Gasteiger partial charge in [-0.25, -0.2) is 0 Å². The lowest BCUT2D eigenvalue weighted by Gasteiger charge is -2.35. The van der Waals surface area contributed by atoms with Crippen molar-refractivity contribution in [2.24, 2.45) is 11.5 Å². The molecule has 64 valence electrons. The molecule has 1 amide bonds. The van der Waals surface area contributed by atoms with Gasteiger partial charge in [-0.05, 0) is 18.6 Å². The zero-order chi connectivity index (χ0) is 8.48.